The first-order chi connectivity index (χ1) is 9.27. The fraction of sp³-hybridized carbons (Fsp3) is 0.769. The van der Waals surface area contributed by atoms with Crippen LogP contribution in [0.2, 0.25) is 0 Å². The Morgan fingerprint density at radius 1 is 1.00 bits per heavy atom. The van der Waals surface area contributed by atoms with Crippen LogP contribution in [0.3, 0.4) is 0 Å². The van der Waals surface area contributed by atoms with Crippen molar-refractivity contribution >= 4 is 17.7 Å². The molecule has 0 rings (SSSR count). The maximum absolute atomic E-state index is 12.0. The van der Waals surface area contributed by atoms with Crippen LogP contribution in [0, 0.1) is 11.8 Å². The van der Waals surface area contributed by atoms with Gasteiger partial charge in [-0.3, -0.25) is 14.4 Å². The largest absolute Gasteiger partial charge is 0.368 e. The van der Waals surface area contributed by atoms with Crippen LogP contribution >= 0.6 is 0 Å². The molecule has 0 aromatic rings. The minimum absolute atomic E-state index is 0.253. The molecule has 0 saturated carbocycles. The quantitative estimate of drug-likeness (QED) is 0.484. The van der Waals surface area contributed by atoms with Crippen LogP contribution in [0.15, 0.2) is 0 Å². The van der Waals surface area contributed by atoms with Gasteiger partial charge in [-0.15, -0.1) is 0 Å². The van der Waals surface area contributed by atoms with Gasteiger partial charge in [0.05, 0.1) is 13.1 Å². The Morgan fingerprint density at radius 2 is 1.50 bits per heavy atom. The van der Waals surface area contributed by atoms with Crippen molar-refractivity contribution in [2.45, 2.75) is 33.1 Å². The number of amides is 3. The molecule has 0 bridgehead atoms. The highest BCUT2D eigenvalue weighted by Crippen LogP contribution is 2.20. The summed E-state index contributed by atoms with van der Waals surface area (Å²) in [6, 6.07) is 0. The summed E-state index contributed by atoms with van der Waals surface area (Å²) in [7, 11) is 0. The van der Waals surface area contributed by atoms with Gasteiger partial charge in [0.15, 0.2) is 0 Å². The second kappa shape index (κ2) is 9.30. The normalized spacial score (nSPS) is 12.2. The lowest BCUT2D eigenvalue weighted by Gasteiger charge is -2.23. The Labute approximate surface area is 119 Å². The molecule has 7 heteroatoms. The Kier molecular flexibility index (Phi) is 8.54. The van der Waals surface area contributed by atoms with Crippen molar-refractivity contribution in [2.75, 3.05) is 19.6 Å². The fourth-order valence-corrected chi connectivity index (χ4v) is 2.10. The molecule has 0 aliphatic carbocycles. The third-order valence-electron chi connectivity index (χ3n) is 3.26. The van der Waals surface area contributed by atoms with Crippen molar-refractivity contribution < 1.29 is 14.4 Å². The average molecular weight is 286 g/mol. The molecule has 0 heterocycles. The Hall–Kier alpha value is -1.63. The molecular weight excluding hydrogens is 260 g/mol. The first-order valence-electron chi connectivity index (χ1n) is 6.82. The molecule has 0 aromatic carbocycles. The summed E-state index contributed by atoms with van der Waals surface area (Å²) in [6.07, 6.45) is 1.77. The summed E-state index contributed by atoms with van der Waals surface area (Å²) >= 11 is 0. The minimum atomic E-state index is -0.665. The van der Waals surface area contributed by atoms with Crippen LogP contribution in [-0.4, -0.2) is 42.3 Å². The van der Waals surface area contributed by atoms with Gasteiger partial charge in [-0.2, -0.15) is 0 Å². The number of carbonyl (C=O) groups is 3. The zero-order valence-electron chi connectivity index (χ0n) is 12.3. The number of hydrogen-bond acceptors (Lipinski definition) is 4. The van der Waals surface area contributed by atoms with Gasteiger partial charge in [0.1, 0.15) is 0 Å². The van der Waals surface area contributed by atoms with Gasteiger partial charge in [0.25, 0.3) is 0 Å². The zero-order valence-corrected chi connectivity index (χ0v) is 12.3. The second-order valence-electron chi connectivity index (χ2n) is 5.30. The Balaban J connectivity index is 4.50. The van der Waals surface area contributed by atoms with E-state index in [4.69, 9.17) is 17.2 Å². The highest BCUT2D eigenvalue weighted by molar-refractivity contribution is 5.88. The van der Waals surface area contributed by atoms with Crippen LogP contribution in [0.5, 0.6) is 0 Å². The van der Waals surface area contributed by atoms with Gasteiger partial charge in [-0.25, -0.2) is 0 Å². The van der Waals surface area contributed by atoms with Crippen LogP contribution < -0.4 is 17.2 Å². The third kappa shape index (κ3) is 7.73. The topological polar surface area (TPSA) is 133 Å². The molecule has 0 saturated heterocycles. The van der Waals surface area contributed by atoms with E-state index in [0.29, 0.717) is 24.8 Å². The number of rotatable bonds is 10. The second-order valence-corrected chi connectivity index (χ2v) is 5.30. The molecule has 0 aliphatic heterocycles. The van der Waals surface area contributed by atoms with E-state index in [-0.39, 0.29) is 25.4 Å². The number of nitrogens with zero attached hydrogens (tertiary/aromatic N) is 1. The molecule has 116 valence electrons. The minimum Gasteiger partial charge on any atom is -0.368 e. The molecule has 0 aliphatic rings. The number of carbonyl (C=O) groups excluding carboxylic acids is 3. The summed E-state index contributed by atoms with van der Waals surface area (Å²) in [5.41, 5.74) is 15.7. The van der Waals surface area contributed by atoms with Gasteiger partial charge >= 0.3 is 0 Å². The number of hydrogen-bond donors (Lipinski definition) is 3. The van der Waals surface area contributed by atoms with Gasteiger partial charge in [-0.1, -0.05) is 13.8 Å². The van der Waals surface area contributed by atoms with E-state index >= 15 is 0 Å². The van der Waals surface area contributed by atoms with Gasteiger partial charge in [-0.05, 0) is 31.2 Å². The van der Waals surface area contributed by atoms with Crippen molar-refractivity contribution in [2.24, 2.45) is 29.0 Å². The maximum atomic E-state index is 12.0. The lowest BCUT2D eigenvalue weighted by Crippen LogP contribution is -2.43. The zero-order chi connectivity index (χ0) is 15.7. The van der Waals surface area contributed by atoms with Crippen molar-refractivity contribution in [1.82, 2.24) is 4.90 Å². The third-order valence-corrected chi connectivity index (χ3v) is 3.26. The molecule has 7 nitrogen and oxygen atoms in total. The van der Waals surface area contributed by atoms with E-state index in [1.807, 2.05) is 0 Å². The van der Waals surface area contributed by atoms with Crippen LogP contribution in [-0.2, 0) is 14.4 Å². The Bertz CT molecular complexity index is 329. The molecule has 0 radical (unpaired) electrons. The lowest BCUT2D eigenvalue weighted by molar-refractivity contribution is -0.138. The van der Waals surface area contributed by atoms with Gasteiger partial charge < -0.3 is 22.1 Å². The molecule has 6 N–H and O–H groups in total. The molecule has 0 fully saturated rings. The number of primary amides is 2. The standard InChI is InChI=1S/C13H26N4O3/c1-9(2)10(5-6-14)3-4-13(20)17(7-11(15)18)8-12(16)19/h9-10H,3-8,14H2,1-2H3,(H2,15,18)(H2,16,19). The first-order valence-corrected chi connectivity index (χ1v) is 6.82. The van der Waals surface area contributed by atoms with E-state index in [2.05, 4.69) is 13.8 Å². The summed E-state index contributed by atoms with van der Waals surface area (Å²) in [5.74, 6) is -0.853. The van der Waals surface area contributed by atoms with E-state index < -0.39 is 11.8 Å². The SMILES string of the molecule is CC(C)C(CCN)CCC(=O)N(CC(N)=O)CC(N)=O. The molecule has 3 amide bonds. The average Bonchev–Trinajstić information content (AvgIpc) is 2.31. The molecule has 20 heavy (non-hydrogen) atoms. The van der Waals surface area contributed by atoms with E-state index in [0.717, 1.165) is 11.3 Å². The molecule has 1 unspecified atom stereocenters. The van der Waals surface area contributed by atoms with E-state index in [1.165, 1.54) is 0 Å². The van der Waals surface area contributed by atoms with Crippen molar-refractivity contribution in [3.05, 3.63) is 0 Å². The van der Waals surface area contributed by atoms with Gasteiger partial charge in [0, 0.05) is 6.42 Å². The van der Waals surface area contributed by atoms with Crippen LogP contribution in [0.4, 0.5) is 0 Å². The van der Waals surface area contributed by atoms with E-state index in [1.54, 1.807) is 0 Å². The molecule has 0 aromatic heterocycles. The Morgan fingerprint density at radius 3 is 1.85 bits per heavy atom. The monoisotopic (exact) mass is 286 g/mol. The summed E-state index contributed by atoms with van der Waals surface area (Å²) in [6.45, 7) is 4.16. The molecule has 1 atom stereocenters. The predicted molar refractivity (Wildman–Crippen MR) is 76.2 cm³/mol. The van der Waals surface area contributed by atoms with Crippen molar-refractivity contribution in [3.63, 3.8) is 0 Å². The van der Waals surface area contributed by atoms with Crippen LogP contribution in [0.25, 0.3) is 0 Å². The first kappa shape index (κ1) is 18.4. The molecular formula is C13H26N4O3. The summed E-state index contributed by atoms with van der Waals surface area (Å²) in [5, 5.41) is 0. The maximum Gasteiger partial charge on any atom is 0.237 e. The lowest BCUT2D eigenvalue weighted by atomic mass is 9.88. The number of nitrogens with two attached hydrogens (primary N) is 3. The summed E-state index contributed by atoms with van der Waals surface area (Å²) in [4.78, 5) is 34.9. The highest BCUT2D eigenvalue weighted by Gasteiger charge is 2.20. The van der Waals surface area contributed by atoms with Crippen molar-refractivity contribution in [3.8, 4) is 0 Å². The van der Waals surface area contributed by atoms with Crippen molar-refractivity contribution in [1.29, 1.82) is 0 Å². The predicted octanol–water partition coefficient (Wildman–Crippen LogP) is -0.813. The van der Waals surface area contributed by atoms with E-state index in [9.17, 15) is 14.4 Å². The molecule has 0 spiro atoms. The smallest absolute Gasteiger partial charge is 0.237 e. The fourth-order valence-electron chi connectivity index (χ4n) is 2.10. The highest BCUT2D eigenvalue weighted by atomic mass is 16.2. The van der Waals surface area contributed by atoms with Gasteiger partial charge in [0.2, 0.25) is 17.7 Å². The van der Waals surface area contributed by atoms with Crippen LogP contribution in [0.1, 0.15) is 33.1 Å². The summed E-state index contributed by atoms with van der Waals surface area (Å²) < 4.78 is 0.